The van der Waals surface area contributed by atoms with Gasteiger partial charge < -0.3 is 9.55 Å². The summed E-state index contributed by atoms with van der Waals surface area (Å²) in [7, 11) is 0. The van der Waals surface area contributed by atoms with Crippen molar-refractivity contribution in [3.05, 3.63) is 93.4 Å². The topological polar surface area (TPSA) is 63.6 Å². The lowest BCUT2D eigenvalue weighted by Gasteiger charge is -2.20. The van der Waals surface area contributed by atoms with E-state index in [1.54, 1.807) is 19.4 Å². The van der Waals surface area contributed by atoms with Gasteiger partial charge in [0.15, 0.2) is 0 Å². The zero-order valence-corrected chi connectivity index (χ0v) is 14.2. The van der Waals surface area contributed by atoms with E-state index >= 15 is 0 Å². The largest absolute Gasteiger partial charge is 0.326 e. The molecule has 0 spiro atoms. The number of hydrogen-bond donors (Lipinski definition) is 1. The molecule has 6 heteroatoms. The number of benzene rings is 2. The van der Waals surface area contributed by atoms with Crippen LogP contribution >= 0.6 is 11.6 Å². The fourth-order valence-electron chi connectivity index (χ4n) is 2.97. The molecule has 0 radical (unpaired) electrons. The first-order valence-corrected chi connectivity index (χ1v) is 8.23. The molecule has 0 amide bonds. The molecule has 2 heterocycles. The molecule has 0 bridgehead atoms. The molecule has 1 unspecified atom stereocenters. The molecule has 0 aliphatic carbocycles. The normalized spacial score (nSPS) is 12.4. The van der Waals surface area contributed by atoms with Crippen LogP contribution < -0.4 is 5.56 Å². The van der Waals surface area contributed by atoms with Crippen LogP contribution in [0.1, 0.15) is 22.9 Å². The van der Waals surface area contributed by atoms with Crippen molar-refractivity contribution in [2.24, 2.45) is 0 Å². The van der Waals surface area contributed by atoms with Gasteiger partial charge in [-0.3, -0.25) is 4.79 Å². The summed E-state index contributed by atoms with van der Waals surface area (Å²) < 4.78 is 2.03. The van der Waals surface area contributed by atoms with Crippen LogP contribution in [0.5, 0.6) is 0 Å². The zero-order chi connectivity index (χ0) is 17.4. The van der Waals surface area contributed by atoms with Crippen LogP contribution in [0.2, 0.25) is 5.02 Å². The van der Waals surface area contributed by atoms with E-state index in [-0.39, 0.29) is 11.6 Å². The van der Waals surface area contributed by atoms with Gasteiger partial charge in [-0.15, -0.1) is 0 Å². The number of nitrogens with one attached hydrogen (secondary N) is 1. The number of aromatic amines is 1. The number of imidazole rings is 1. The van der Waals surface area contributed by atoms with E-state index in [1.807, 2.05) is 53.2 Å². The summed E-state index contributed by atoms with van der Waals surface area (Å²) in [4.78, 5) is 23.2. The SMILES string of the molecule is Cc1nc2cc(C(c3ccc(Cl)cc3)n3ccnc3)ccc2[nH]c1=O. The molecule has 0 saturated carbocycles. The van der Waals surface area contributed by atoms with Crippen molar-refractivity contribution in [3.8, 4) is 0 Å². The highest BCUT2D eigenvalue weighted by Gasteiger charge is 2.17. The van der Waals surface area contributed by atoms with Crippen LogP contribution in [0.3, 0.4) is 0 Å². The lowest BCUT2D eigenvalue weighted by Crippen LogP contribution is -2.13. The highest BCUT2D eigenvalue weighted by Crippen LogP contribution is 2.29. The van der Waals surface area contributed by atoms with Gasteiger partial charge in [0.05, 0.1) is 23.4 Å². The Hall–Kier alpha value is -2.92. The van der Waals surface area contributed by atoms with Crippen LogP contribution in [0, 0.1) is 6.92 Å². The number of hydrogen-bond acceptors (Lipinski definition) is 3. The molecule has 0 aliphatic heterocycles. The average Bonchev–Trinajstić information content (AvgIpc) is 3.12. The van der Waals surface area contributed by atoms with Crippen LogP contribution in [-0.2, 0) is 0 Å². The maximum Gasteiger partial charge on any atom is 0.269 e. The van der Waals surface area contributed by atoms with Gasteiger partial charge in [0.25, 0.3) is 5.56 Å². The first-order chi connectivity index (χ1) is 12.1. The summed E-state index contributed by atoms with van der Waals surface area (Å²) in [5, 5.41) is 0.696. The van der Waals surface area contributed by atoms with Gasteiger partial charge in [-0.2, -0.15) is 0 Å². The predicted octanol–water partition coefficient (Wildman–Crippen LogP) is 3.72. The van der Waals surface area contributed by atoms with Crippen molar-refractivity contribution in [1.29, 1.82) is 0 Å². The van der Waals surface area contributed by atoms with E-state index < -0.39 is 0 Å². The van der Waals surface area contributed by atoms with Gasteiger partial charge in [-0.1, -0.05) is 29.8 Å². The summed E-state index contributed by atoms with van der Waals surface area (Å²) in [5.41, 5.74) is 3.91. The monoisotopic (exact) mass is 350 g/mol. The number of nitrogens with zero attached hydrogens (tertiary/aromatic N) is 3. The Balaban J connectivity index is 1.90. The van der Waals surface area contributed by atoms with Crippen molar-refractivity contribution in [1.82, 2.24) is 19.5 Å². The molecule has 4 aromatic rings. The van der Waals surface area contributed by atoms with E-state index in [0.29, 0.717) is 10.7 Å². The maximum absolute atomic E-state index is 11.7. The smallest absolute Gasteiger partial charge is 0.269 e. The third-order valence-electron chi connectivity index (χ3n) is 4.21. The standard InChI is InChI=1S/C19H15ClN4O/c1-12-19(25)23-16-7-4-14(10-17(16)22-12)18(24-9-8-21-11-24)13-2-5-15(20)6-3-13/h2-11,18H,1H3,(H,23,25). The molecule has 25 heavy (non-hydrogen) atoms. The van der Waals surface area contributed by atoms with E-state index in [2.05, 4.69) is 15.0 Å². The quantitative estimate of drug-likeness (QED) is 0.612. The molecular weight excluding hydrogens is 336 g/mol. The molecule has 124 valence electrons. The number of H-pyrrole nitrogens is 1. The molecule has 2 aromatic carbocycles. The summed E-state index contributed by atoms with van der Waals surface area (Å²) >= 11 is 6.03. The zero-order valence-electron chi connectivity index (χ0n) is 13.5. The molecule has 5 nitrogen and oxygen atoms in total. The second-order valence-corrected chi connectivity index (χ2v) is 6.33. The number of fused-ring (bicyclic) bond motifs is 1. The van der Waals surface area contributed by atoms with Gasteiger partial charge in [0, 0.05) is 17.4 Å². The third kappa shape index (κ3) is 2.94. The molecule has 0 aliphatic rings. The number of rotatable bonds is 3. The van der Waals surface area contributed by atoms with E-state index in [1.165, 1.54) is 0 Å². The van der Waals surface area contributed by atoms with Gasteiger partial charge in [0.1, 0.15) is 5.69 Å². The summed E-state index contributed by atoms with van der Waals surface area (Å²) in [6.07, 6.45) is 5.47. The van der Waals surface area contributed by atoms with Crippen molar-refractivity contribution in [2.75, 3.05) is 0 Å². The molecule has 1 N–H and O–H groups in total. The van der Waals surface area contributed by atoms with Crippen LogP contribution in [0.15, 0.2) is 66.0 Å². The van der Waals surface area contributed by atoms with Crippen LogP contribution in [-0.4, -0.2) is 19.5 Å². The molecule has 1 atom stereocenters. The van der Waals surface area contributed by atoms with Gasteiger partial charge >= 0.3 is 0 Å². The molecule has 4 rings (SSSR count). The molecule has 2 aromatic heterocycles. The highest BCUT2D eigenvalue weighted by molar-refractivity contribution is 6.30. The summed E-state index contributed by atoms with van der Waals surface area (Å²) in [6, 6.07) is 13.6. The average molecular weight is 351 g/mol. The molecular formula is C19H15ClN4O. The Morgan fingerprint density at radius 1 is 1.12 bits per heavy atom. The van der Waals surface area contributed by atoms with Crippen LogP contribution in [0.25, 0.3) is 11.0 Å². The minimum atomic E-state index is -0.163. The van der Waals surface area contributed by atoms with Crippen LogP contribution in [0.4, 0.5) is 0 Å². The summed E-state index contributed by atoms with van der Waals surface area (Å²) in [6.45, 7) is 1.71. The minimum absolute atomic E-state index is 0.0572. The second kappa shape index (κ2) is 6.18. The van der Waals surface area contributed by atoms with Crippen molar-refractivity contribution in [3.63, 3.8) is 0 Å². The second-order valence-electron chi connectivity index (χ2n) is 5.89. The first-order valence-electron chi connectivity index (χ1n) is 7.85. The lowest BCUT2D eigenvalue weighted by molar-refractivity contribution is 0.677. The van der Waals surface area contributed by atoms with Crippen molar-refractivity contribution in [2.45, 2.75) is 13.0 Å². The third-order valence-corrected chi connectivity index (χ3v) is 4.46. The number of aromatic nitrogens is 4. The van der Waals surface area contributed by atoms with Gasteiger partial charge in [0.2, 0.25) is 0 Å². The first kappa shape index (κ1) is 15.6. The van der Waals surface area contributed by atoms with Crippen molar-refractivity contribution >= 4 is 22.6 Å². The van der Waals surface area contributed by atoms with E-state index in [0.717, 1.165) is 22.2 Å². The number of aryl methyl sites for hydroxylation is 1. The van der Waals surface area contributed by atoms with E-state index in [9.17, 15) is 4.79 Å². The Labute approximate surface area is 149 Å². The molecule has 0 fully saturated rings. The predicted molar refractivity (Wildman–Crippen MR) is 98.0 cm³/mol. The highest BCUT2D eigenvalue weighted by atomic mass is 35.5. The van der Waals surface area contributed by atoms with Gasteiger partial charge in [-0.05, 0) is 42.3 Å². The lowest BCUT2D eigenvalue weighted by atomic mass is 9.98. The molecule has 0 saturated heterocycles. The van der Waals surface area contributed by atoms with Gasteiger partial charge in [-0.25, -0.2) is 9.97 Å². The minimum Gasteiger partial charge on any atom is -0.326 e. The maximum atomic E-state index is 11.7. The Bertz CT molecular complexity index is 1080. The Kier molecular flexibility index (Phi) is 3.86. The van der Waals surface area contributed by atoms with E-state index in [4.69, 9.17) is 11.6 Å². The Morgan fingerprint density at radius 2 is 1.88 bits per heavy atom. The Morgan fingerprint density at radius 3 is 2.60 bits per heavy atom. The summed E-state index contributed by atoms with van der Waals surface area (Å²) in [5.74, 6) is 0. The fourth-order valence-corrected chi connectivity index (χ4v) is 3.09. The number of halogens is 1. The fraction of sp³-hybridized carbons (Fsp3) is 0.105. The van der Waals surface area contributed by atoms with Crippen molar-refractivity contribution < 1.29 is 0 Å².